The Hall–Kier alpha value is -8.18. The average molecular weight is 853 g/mol. The van der Waals surface area contributed by atoms with E-state index in [0.717, 1.165) is 88.3 Å². The van der Waals surface area contributed by atoms with E-state index in [1.165, 1.54) is 0 Å². The number of rotatable bonds is 5. The van der Waals surface area contributed by atoms with Gasteiger partial charge in [0.1, 0.15) is 11.2 Å². The first-order valence-electron chi connectivity index (χ1n) is 21.8. The summed E-state index contributed by atoms with van der Waals surface area (Å²) in [6.07, 6.45) is 0. The van der Waals surface area contributed by atoms with Crippen molar-refractivity contribution < 1.29 is 8.98 Å². The minimum atomic E-state index is -3.51. The van der Waals surface area contributed by atoms with E-state index in [9.17, 15) is 0 Å². The molecule has 0 aliphatic carbocycles. The molecule has 0 bridgehead atoms. The topological polar surface area (TPSA) is 72.1 Å². The normalized spacial score (nSPS) is 17.1. The summed E-state index contributed by atoms with van der Waals surface area (Å²) in [6, 6.07) is 76.9. The van der Waals surface area contributed by atoms with Crippen LogP contribution in [-0.2, 0) is 9.98 Å². The molecule has 65 heavy (non-hydrogen) atoms. The van der Waals surface area contributed by atoms with Crippen LogP contribution < -0.4 is 20.8 Å². The molecule has 2 aliphatic heterocycles. The van der Waals surface area contributed by atoms with Crippen LogP contribution in [0.25, 0.3) is 56.1 Å². The summed E-state index contributed by atoms with van der Waals surface area (Å²) in [5.74, 6) is 1.75. The Morgan fingerprint density at radius 1 is 0.400 bits per heavy atom. The standard InChI is InChI=1S/C58H37N4O2P/c63-65(42-25-11-4-12-26-42)53-32-18-15-29-47(53)58(48-36-44-43-27-13-17-31-51(43)64-52(44)37-54(48)65)45-28-14-16-30-49(45)62(41-23-9-3-10-24-41)50-35-40(33-34-46(50)58)57-60-55(38-19-5-1-6-20-38)59-56(61-57)39-21-7-2-8-22-39/h1-37H. The summed E-state index contributed by atoms with van der Waals surface area (Å²) in [7, 11) is -3.51. The van der Waals surface area contributed by atoms with Crippen molar-refractivity contribution in [2.75, 3.05) is 4.90 Å². The lowest BCUT2D eigenvalue weighted by Crippen LogP contribution is -2.49. The monoisotopic (exact) mass is 852 g/mol. The minimum Gasteiger partial charge on any atom is -0.456 e. The maximum atomic E-state index is 16.7. The van der Waals surface area contributed by atoms with Gasteiger partial charge in [0.05, 0.1) is 16.8 Å². The van der Waals surface area contributed by atoms with E-state index in [0.29, 0.717) is 23.1 Å². The van der Waals surface area contributed by atoms with Gasteiger partial charge in [-0.3, -0.25) is 0 Å². The van der Waals surface area contributed by atoms with E-state index >= 15 is 4.57 Å². The van der Waals surface area contributed by atoms with Gasteiger partial charge in [0.2, 0.25) is 0 Å². The molecule has 0 amide bonds. The van der Waals surface area contributed by atoms with Crippen molar-refractivity contribution in [2.45, 2.75) is 5.41 Å². The van der Waals surface area contributed by atoms with Crippen molar-refractivity contribution >= 4 is 62.1 Å². The van der Waals surface area contributed by atoms with Gasteiger partial charge in [-0.25, -0.2) is 15.0 Å². The summed E-state index contributed by atoms with van der Waals surface area (Å²) in [5, 5.41) is 4.35. The third kappa shape index (κ3) is 5.48. The highest BCUT2D eigenvalue weighted by Crippen LogP contribution is 2.63. The van der Waals surface area contributed by atoms with Crippen LogP contribution in [0.1, 0.15) is 22.3 Å². The van der Waals surface area contributed by atoms with E-state index in [4.69, 9.17) is 19.4 Å². The van der Waals surface area contributed by atoms with Gasteiger partial charge in [-0.15, -0.1) is 0 Å². The first-order valence-corrected chi connectivity index (χ1v) is 23.5. The van der Waals surface area contributed by atoms with Gasteiger partial charge >= 0.3 is 0 Å². The summed E-state index contributed by atoms with van der Waals surface area (Å²) < 4.78 is 23.4. The van der Waals surface area contributed by atoms with Gasteiger partial charge in [-0.05, 0) is 64.7 Å². The number of nitrogens with zero attached hydrogens (tertiary/aromatic N) is 4. The molecule has 7 heteroatoms. The Bertz CT molecular complexity index is 3650. The Morgan fingerprint density at radius 3 is 1.66 bits per heavy atom. The highest BCUT2D eigenvalue weighted by Gasteiger charge is 2.55. The van der Waals surface area contributed by atoms with Crippen LogP contribution in [-0.4, -0.2) is 15.0 Å². The number of para-hydroxylation sites is 3. The predicted octanol–water partition coefficient (Wildman–Crippen LogP) is 12.9. The average Bonchev–Trinajstić information content (AvgIpc) is 3.75. The zero-order valence-electron chi connectivity index (χ0n) is 34.9. The van der Waals surface area contributed by atoms with Crippen molar-refractivity contribution in [2.24, 2.45) is 0 Å². The van der Waals surface area contributed by atoms with Crippen LogP contribution in [0.3, 0.4) is 0 Å². The lowest BCUT2D eigenvalue weighted by atomic mass is 9.62. The lowest BCUT2D eigenvalue weighted by Gasteiger charge is -2.50. The van der Waals surface area contributed by atoms with Gasteiger partial charge < -0.3 is 13.9 Å². The van der Waals surface area contributed by atoms with E-state index < -0.39 is 12.6 Å². The van der Waals surface area contributed by atoms with E-state index in [1.807, 2.05) is 109 Å². The Labute approximate surface area is 375 Å². The second-order valence-corrected chi connectivity index (χ2v) is 19.3. The lowest BCUT2D eigenvalue weighted by molar-refractivity contribution is 0.590. The van der Waals surface area contributed by atoms with Crippen molar-refractivity contribution in [1.29, 1.82) is 0 Å². The molecule has 2 aliphatic rings. The van der Waals surface area contributed by atoms with Crippen molar-refractivity contribution in [3.8, 4) is 34.2 Å². The Kier molecular flexibility index (Phi) is 8.30. The number of furan rings is 1. The number of aromatic nitrogens is 3. The van der Waals surface area contributed by atoms with E-state index in [1.54, 1.807) is 0 Å². The fraction of sp³-hybridized carbons (Fsp3) is 0.0172. The first-order chi connectivity index (χ1) is 32.1. The van der Waals surface area contributed by atoms with Gasteiger partial charge in [0.25, 0.3) is 0 Å². The molecule has 2 aromatic heterocycles. The SMILES string of the molecule is O=P1(c2ccccc2)c2ccccc2C2(c3ccccc3N(c3ccccc3)c3cc(-c4nc(-c5ccccc5)nc(-c5ccccc5)n4)ccc32)c2cc3c(cc21)oc1ccccc13. The molecule has 0 N–H and O–H groups in total. The van der Waals surface area contributed by atoms with Crippen molar-refractivity contribution in [3.05, 3.63) is 247 Å². The molecule has 2 atom stereocenters. The molecule has 0 saturated carbocycles. The molecule has 0 saturated heterocycles. The second-order valence-electron chi connectivity index (χ2n) is 16.6. The van der Waals surface area contributed by atoms with Gasteiger partial charge in [0, 0.05) is 49.1 Å². The molecule has 6 nitrogen and oxygen atoms in total. The third-order valence-electron chi connectivity index (χ3n) is 13.2. The largest absolute Gasteiger partial charge is 0.456 e. The van der Waals surface area contributed by atoms with Gasteiger partial charge in [0.15, 0.2) is 24.6 Å². The van der Waals surface area contributed by atoms with Crippen LogP contribution in [0.15, 0.2) is 229 Å². The fourth-order valence-corrected chi connectivity index (χ4v) is 13.5. The fourth-order valence-electron chi connectivity index (χ4n) is 10.4. The molecule has 0 radical (unpaired) electrons. The minimum absolute atomic E-state index is 0.561. The van der Waals surface area contributed by atoms with Gasteiger partial charge in [-0.2, -0.15) is 0 Å². The summed E-state index contributed by atoms with van der Waals surface area (Å²) in [6.45, 7) is 0. The van der Waals surface area contributed by atoms with Crippen LogP contribution in [0.5, 0.6) is 0 Å². The van der Waals surface area contributed by atoms with E-state index in [2.05, 4.69) is 120 Å². The van der Waals surface area contributed by atoms with Gasteiger partial charge in [-0.1, -0.05) is 182 Å². The molecule has 306 valence electrons. The molecule has 1 spiro atoms. The first kappa shape index (κ1) is 37.4. The molecule has 0 fully saturated rings. The highest BCUT2D eigenvalue weighted by atomic mass is 31.2. The summed E-state index contributed by atoms with van der Waals surface area (Å²) in [4.78, 5) is 17.7. The number of hydrogen-bond acceptors (Lipinski definition) is 6. The van der Waals surface area contributed by atoms with Crippen LogP contribution in [0.2, 0.25) is 0 Å². The molecule has 11 aromatic rings. The second kappa shape index (κ2) is 14.4. The Balaban J connectivity index is 1.16. The number of fused-ring (bicyclic) bond motifs is 11. The van der Waals surface area contributed by atoms with Crippen LogP contribution in [0, 0.1) is 0 Å². The molecular weight excluding hydrogens is 816 g/mol. The summed E-state index contributed by atoms with van der Waals surface area (Å²) in [5.41, 5.74) is 10.3. The van der Waals surface area contributed by atoms with Crippen molar-refractivity contribution in [3.63, 3.8) is 0 Å². The zero-order valence-corrected chi connectivity index (χ0v) is 35.8. The smallest absolute Gasteiger partial charge is 0.171 e. The molecule has 13 rings (SSSR count). The van der Waals surface area contributed by atoms with Crippen LogP contribution in [0.4, 0.5) is 17.1 Å². The quantitative estimate of drug-likeness (QED) is 0.161. The number of hydrogen-bond donors (Lipinski definition) is 0. The zero-order chi connectivity index (χ0) is 43.1. The van der Waals surface area contributed by atoms with Crippen LogP contribution >= 0.6 is 7.14 Å². The Morgan fingerprint density at radius 2 is 0.954 bits per heavy atom. The highest BCUT2D eigenvalue weighted by molar-refractivity contribution is 7.85. The molecule has 4 heterocycles. The third-order valence-corrected chi connectivity index (χ3v) is 16.3. The number of benzene rings is 9. The predicted molar refractivity (Wildman–Crippen MR) is 263 cm³/mol. The maximum absolute atomic E-state index is 16.7. The molecular formula is C58H37N4O2P. The maximum Gasteiger partial charge on any atom is 0.171 e. The molecule has 9 aromatic carbocycles. The summed E-state index contributed by atoms with van der Waals surface area (Å²) >= 11 is 0. The van der Waals surface area contributed by atoms with Crippen molar-refractivity contribution in [1.82, 2.24) is 15.0 Å². The molecule has 2 unspecified atom stereocenters. The van der Waals surface area contributed by atoms with E-state index in [-0.39, 0.29) is 0 Å². The number of anilines is 3.